The molecule has 7 heteroatoms. The average Bonchev–Trinajstić information content (AvgIpc) is 2.83. The summed E-state index contributed by atoms with van der Waals surface area (Å²) in [7, 11) is -3.51. The summed E-state index contributed by atoms with van der Waals surface area (Å²) in [4.78, 5) is 0.263. The molecule has 0 spiro atoms. The molecule has 5 nitrogen and oxygen atoms in total. The lowest BCUT2D eigenvalue weighted by Gasteiger charge is -2.19. The molecule has 0 saturated heterocycles. The predicted octanol–water partition coefficient (Wildman–Crippen LogP) is 2.81. The fourth-order valence-corrected chi connectivity index (χ4v) is 3.15. The molecule has 0 saturated carbocycles. The molecule has 120 valence electrons. The Morgan fingerprint density at radius 3 is 2.36 bits per heavy atom. The van der Waals surface area contributed by atoms with Crippen LogP contribution in [0.4, 0.5) is 0 Å². The van der Waals surface area contributed by atoms with Crippen molar-refractivity contribution in [3.63, 3.8) is 0 Å². The van der Waals surface area contributed by atoms with Crippen LogP contribution in [0.1, 0.15) is 26.3 Å². The highest BCUT2D eigenvalue weighted by molar-refractivity contribution is 7.89. The molecule has 2 aromatic rings. The number of benzene rings is 1. The van der Waals surface area contributed by atoms with Crippen LogP contribution in [0.5, 0.6) is 0 Å². The van der Waals surface area contributed by atoms with Gasteiger partial charge in [-0.25, -0.2) is 13.1 Å². The van der Waals surface area contributed by atoms with E-state index in [1.165, 1.54) is 6.20 Å². The second kappa shape index (κ2) is 6.40. The number of hydrogen-bond donors (Lipinski definition) is 1. The number of sulfonamides is 1. The van der Waals surface area contributed by atoms with Crippen molar-refractivity contribution in [1.82, 2.24) is 14.5 Å². The van der Waals surface area contributed by atoms with Crippen LogP contribution in [-0.4, -0.2) is 24.7 Å². The Hall–Kier alpha value is -1.37. The lowest BCUT2D eigenvalue weighted by Crippen LogP contribution is -2.27. The Bertz CT molecular complexity index is 731. The summed E-state index contributed by atoms with van der Waals surface area (Å²) in [5.41, 5.74) is 1.09. The summed E-state index contributed by atoms with van der Waals surface area (Å²) >= 11 is 5.75. The number of hydrogen-bond acceptors (Lipinski definition) is 3. The minimum Gasteiger partial charge on any atom is -0.270 e. The van der Waals surface area contributed by atoms with Crippen LogP contribution in [0, 0.1) is 0 Å². The Labute approximate surface area is 136 Å². The van der Waals surface area contributed by atoms with Gasteiger partial charge < -0.3 is 0 Å². The quantitative estimate of drug-likeness (QED) is 0.909. The van der Waals surface area contributed by atoms with Gasteiger partial charge in [0.2, 0.25) is 10.0 Å². The molecule has 0 aliphatic carbocycles. The summed E-state index contributed by atoms with van der Waals surface area (Å²) < 4.78 is 28.6. The van der Waals surface area contributed by atoms with Crippen LogP contribution in [0.25, 0.3) is 0 Å². The second-order valence-electron chi connectivity index (χ2n) is 6.09. The van der Waals surface area contributed by atoms with E-state index < -0.39 is 10.0 Å². The van der Waals surface area contributed by atoms with Gasteiger partial charge >= 0.3 is 0 Å². The van der Waals surface area contributed by atoms with Crippen molar-refractivity contribution >= 4 is 21.6 Å². The van der Waals surface area contributed by atoms with Gasteiger partial charge in [0.25, 0.3) is 0 Å². The van der Waals surface area contributed by atoms with Gasteiger partial charge in [0.05, 0.1) is 22.7 Å². The summed E-state index contributed by atoms with van der Waals surface area (Å²) in [6, 6.07) is 6.96. The lowest BCUT2D eigenvalue weighted by molar-refractivity contribution is 0.560. The van der Waals surface area contributed by atoms with Crippen molar-refractivity contribution in [3.8, 4) is 0 Å². The molecule has 0 radical (unpaired) electrons. The predicted molar refractivity (Wildman–Crippen MR) is 87.6 cm³/mol. The van der Waals surface area contributed by atoms with Crippen molar-refractivity contribution in [3.05, 3.63) is 47.2 Å². The largest absolute Gasteiger partial charge is 0.270 e. The molecule has 0 aliphatic heterocycles. The topological polar surface area (TPSA) is 64.0 Å². The first-order chi connectivity index (χ1) is 10.2. The van der Waals surface area contributed by atoms with Crippen LogP contribution in [0.2, 0.25) is 5.02 Å². The van der Waals surface area contributed by atoms with E-state index in [0.717, 1.165) is 5.56 Å². The molecular weight excluding hydrogens is 322 g/mol. The third kappa shape index (κ3) is 4.32. The van der Waals surface area contributed by atoms with Gasteiger partial charge in [0, 0.05) is 12.7 Å². The number of nitrogens with one attached hydrogen (secondary N) is 1. The van der Waals surface area contributed by atoms with E-state index in [1.807, 2.05) is 12.1 Å². The summed E-state index contributed by atoms with van der Waals surface area (Å²) in [6.07, 6.45) is 3.16. The summed E-state index contributed by atoms with van der Waals surface area (Å²) in [5, 5.41) is 4.52. The van der Waals surface area contributed by atoms with Gasteiger partial charge in [-0.2, -0.15) is 5.10 Å². The fraction of sp³-hybridized carbons (Fsp3) is 0.400. The van der Waals surface area contributed by atoms with Gasteiger partial charge in [-0.3, -0.25) is 4.68 Å². The molecule has 1 N–H and O–H groups in total. The SMILES string of the molecule is CC(C)(C)c1ccc(S(=O)(=O)NCCn2cc(Cl)cn2)cc1. The van der Waals surface area contributed by atoms with Crippen LogP contribution in [0.15, 0.2) is 41.6 Å². The minimum absolute atomic E-state index is 0.00488. The first-order valence-corrected chi connectivity index (χ1v) is 8.83. The maximum Gasteiger partial charge on any atom is 0.240 e. The third-order valence-electron chi connectivity index (χ3n) is 3.27. The Morgan fingerprint density at radius 2 is 1.86 bits per heavy atom. The molecule has 0 bridgehead atoms. The molecule has 0 amide bonds. The van der Waals surface area contributed by atoms with Gasteiger partial charge in [-0.1, -0.05) is 44.5 Å². The van der Waals surface area contributed by atoms with Crippen LogP contribution in [0.3, 0.4) is 0 Å². The molecule has 0 unspecified atom stereocenters. The first-order valence-electron chi connectivity index (χ1n) is 6.97. The van der Waals surface area contributed by atoms with E-state index in [9.17, 15) is 8.42 Å². The van der Waals surface area contributed by atoms with Crippen LogP contribution < -0.4 is 4.72 Å². The van der Waals surface area contributed by atoms with Gasteiger partial charge in [0.1, 0.15) is 0 Å². The smallest absolute Gasteiger partial charge is 0.240 e. The Balaban J connectivity index is 2.00. The number of nitrogens with zero attached hydrogens (tertiary/aromatic N) is 2. The molecule has 1 aromatic carbocycles. The summed E-state index contributed by atoms with van der Waals surface area (Å²) in [5.74, 6) is 0. The molecular formula is C15H20ClN3O2S. The van der Waals surface area contributed by atoms with E-state index in [1.54, 1.807) is 23.0 Å². The molecule has 0 fully saturated rings. The normalized spacial score (nSPS) is 12.5. The highest BCUT2D eigenvalue weighted by atomic mass is 35.5. The standard InChI is InChI=1S/C15H20ClN3O2S/c1-15(2,3)12-4-6-14(7-5-12)22(20,21)18-8-9-19-11-13(16)10-17-19/h4-7,10-11,18H,8-9H2,1-3H3. The van der Waals surface area contributed by atoms with Crippen molar-refractivity contribution < 1.29 is 8.42 Å². The first kappa shape index (κ1) is 17.0. The Morgan fingerprint density at radius 1 is 1.23 bits per heavy atom. The van der Waals surface area contributed by atoms with Crippen molar-refractivity contribution in [1.29, 1.82) is 0 Å². The molecule has 1 aromatic heterocycles. The molecule has 0 aliphatic rings. The molecule has 0 atom stereocenters. The van der Waals surface area contributed by atoms with Gasteiger partial charge in [-0.05, 0) is 23.1 Å². The van der Waals surface area contributed by atoms with Crippen LogP contribution in [-0.2, 0) is 22.0 Å². The average molecular weight is 342 g/mol. The molecule has 2 rings (SSSR count). The monoisotopic (exact) mass is 341 g/mol. The summed E-state index contributed by atoms with van der Waals surface area (Å²) in [6.45, 7) is 6.94. The van der Waals surface area contributed by atoms with E-state index in [2.05, 4.69) is 30.6 Å². The van der Waals surface area contributed by atoms with Crippen molar-refractivity contribution in [2.45, 2.75) is 37.6 Å². The number of halogens is 1. The zero-order chi connectivity index (χ0) is 16.4. The Kier molecular flexibility index (Phi) is 4.94. The zero-order valence-electron chi connectivity index (χ0n) is 12.9. The maximum absolute atomic E-state index is 12.2. The highest BCUT2D eigenvalue weighted by Gasteiger charge is 2.17. The highest BCUT2D eigenvalue weighted by Crippen LogP contribution is 2.23. The van der Waals surface area contributed by atoms with E-state index in [4.69, 9.17) is 11.6 Å². The number of rotatable bonds is 5. The fourth-order valence-electron chi connectivity index (χ4n) is 1.97. The van der Waals surface area contributed by atoms with Gasteiger partial charge in [-0.15, -0.1) is 0 Å². The van der Waals surface area contributed by atoms with Crippen molar-refractivity contribution in [2.75, 3.05) is 6.54 Å². The van der Waals surface area contributed by atoms with Crippen LogP contribution >= 0.6 is 11.6 Å². The van der Waals surface area contributed by atoms with E-state index >= 15 is 0 Å². The minimum atomic E-state index is -3.51. The lowest BCUT2D eigenvalue weighted by atomic mass is 9.87. The van der Waals surface area contributed by atoms with E-state index in [-0.39, 0.29) is 16.9 Å². The second-order valence-corrected chi connectivity index (χ2v) is 8.30. The van der Waals surface area contributed by atoms with Crippen molar-refractivity contribution in [2.24, 2.45) is 0 Å². The van der Waals surface area contributed by atoms with E-state index in [0.29, 0.717) is 11.6 Å². The zero-order valence-corrected chi connectivity index (χ0v) is 14.4. The maximum atomic E-state index is 12.2. The number of aromatic nitrogens is 2. The molecule has 22 heavy (non-hydrogen) atoms. The molecule has 1 heterocycles. The van der Waals surface area contributed by atoms with Gasteiger partial charge in [0.15, 0.2) is 0 Å². The third-order valence-corrected chi connectivity index (χ3v) is 4.94.